The van der Waals surface area contributed by atoms with Gasteiger partial charge in [0, 0.05) is 5.69 Å². The maximum atomic E-state index is 12.6. The third kappa shape index (κ3) is 2.84. The molecular weight excluding hydrogens is 264 g/mol. The summed E-state index contributed by atoms with van der Waals surface area (Å²) in [4.78, 5) is 14.3. The molecular formula is C17H18N2O2. The van der Waals surface area contributed by atoms with Gasteiger partial charge in [0.2, 0.25) is 0 Å². The monoisotopic (exact) mass is 282 g/mol. The van der Waals surface area contributed by atoms with E-state index in [1.54, 1.807) is 4.90 Å². The van der Waals surface area contributed by atoms with Crippen LogP contribution in [0.4, 0.5) is 16.2 Å². The molecule has 1 aliphatic heterocycles. The van der Waals surface area contributed by atoms with Gasteiger partial charge in [0.1, 0.15) is 11.9 Å². The van der Waals surface area contributed by atoms with Gasteiger partial charge in [-0.3, -0.25) is 4.90 Å². The number of nitrogens with zero attached hydrogens (tertiary/aromatic N) is 1. The number of carbonyl (C=O) groups excluding carboxylic acids is 1. The number of rotatable bonds is 2. The predicted molar refractivity (Wildman–Crippen MR) is 84.0 cm³/mol. The van der Waals surface area contributed by atoms with Gasteiger partial charge in [-0.2, -0.15) is 0 Å². The predicted octanol–water partition coefficient (Wildman–Crippen LogP) is 3.90. The number of ether oxygens (including phenoxy) is 1. The van der Waals surface area contributed by atoms with Crippen LogP contribution in [0, 0.1) is 0 Å². The molecule has 2 amide bonds. The van der Waals surface area contributed by atoms with Gasteiger partial charge in [0.15, 0.2) is 0 Å². The summed E-state index contributed by atoms with van der Waals surface area (Å²) in [5.41, 5.74) is 1.61. The second-order valence-corrected chi connectivity index (χ2v) is 5.02. The van der Waals surface area contributed by atoms with Gasteiger partial charge < -0.3 is 10.1 Å². The highest BCUT2D eigenvalue weighted by Crippen LogP contribution is 2.34. The normalized spacial score (nSPS) is 16.8. The molecule has 1 atom stereocenters. The van der Waals surface area contributed by atoms with Crippen LogP contribution in [0.3, 0.4) is 0 Å². The molecule has 0 bridgehead atoms. The number of urea groups is 1. The maximum absolute atomic E-state index is 12.6. The zero-order valence-electron chi connectivity index (χ0n) is 12.0. The molecule has 21 heavy (non-hydrogen) atoms. The quantitative estimate of drug-likeness (QED) is 0.907. The molecule has 0 spiro atoms. The molecule has 1 N–H and O–H groups in total. The van der Waals surface area contributed by atoms with Crippen molar-refractivity contribution in [2.75, 3.05) is 16.8 Å². The highest BCUT2D eigenvalue weighted by Gasteiger charge is 2.28. The maximum Gasteiger partial charge on any atom is 0.326 e. The standard InChI is InChI=1S/C17H18N2O2/c1-2-14-12-19(15-10-6-7-11-16(15)21-14)17(20)18-13-8-4-3-5-9-13/h3-11,14H,2,12H2,1H3,(H,18,20)/t14-/m0/s1. The van der Waals surface area contributed by atoms with Crippen molar-refractivity contribution in [3.63, 3.8) is 0 Å². The minimum Gasteiger partial charge on any atom is -0.486 e. The second kappa shape index (κ2) is 5.87. The number of fused-ring (bicyclic) bond motifs is 1. The van der Waals surface area contributed by atoms with Crippen molar-refractivity contribution < 1.29 is 9.53 Å². The first-order valence-electron chi connectivity index (χ1n) is 7.17. The summed E-state index contributed by atoms with van der Waals surface area (Å²) in [6.07, 6.45) is 0.894. The summed E-state index contributed by atoms with van der Waals surface area (Å²) in [5.74, 6) is 0.763. The third-order valence-electron chi connectivity index (χ3n) is 3.56. The lowest BCUT2D eigenvalue weighted by Gasteiger charge is -2.34. The van der Waals surface area contributed by atoms with Crippen molar-refractivity contribution >= 4 is 17.4 Å². The van der Waals surface area contributed by atoms with Gasteiger partial charge in [-0.25, -0.2) is 4.79 Å². The topological polar surface area (TPSA) is 41.6 Å². The van der Waals surface area contributed by atoms with Gasteiger partial charge in [-0.05, 0) is 30.7 Å². The molecule has 0 fully saturated rings. The molecule has 108 valence electrons. The van der Waals surface area contributed by atoms with E-state index in [1.807, 2.05) is 54.6 Å². The smallest absolute Gasteiger partial charge is 0.326 e. The van der Waals surface area contributed by atoms with E-state index in [2.05, 4.69) is 12.2 Å². The lowest BCUT2D eigenvalue weighted by Crippen LogP contribution is -2.45. The van der Waals surface area contributed by atoms with Crippen molar-refractivity contribution in [3.05, 3.63) is 54.6 Å². The van der Waals surface area contributed by atoms with E-state index < -0.39 is 0 Å². The molecule has 1 aliphatic rings. The van der Waals surface area contributed by atoms with Crippen LogP contribution in [0.5, 0.6) is 5.75 Å². The van der Waals surface area contributed by atoms with Crippen LogP contribution in [0.2, 0.25) is 0 Å². The first-order valence-corrected chi connectivity index (χ1v) is 7.17. The van der Waals surface area contributed by atoms with E-state index in [-0.39, 0.29) is 12.1 Å². The van der Waals surface area contributed by atoms with Crippen LogP contribution in [-0.2, 0) is 0 Å². The number of amides is 2. The Morgan fingerprint density at radius 1 is 1.19 bits per heavy atom. The first kappa shape index (κ1) is 13.5. The average molecular weight is 282 g/mol. The Kier molecular flexibility index (Phi) is 3.77. The summed E-state index contributed by atoms with van der Waals surface area (Å²) < 4.78 is 5.89. The molecule has 3 rings (SSSR count). The van der Waals surface area contributed by atoms with E-state index >= 15 is 0 Å². The Hall–Kier alpha value is -2.49. The Morgan fingerprint density at radius 2 is 1.90 bits per heavy atom. The van der Waals surface area contributed by atoms with Crippen molar-refractivity contribution in [3.8, 4) is 5.75 Å². The Balaban J connectivity index is 1.85. The number of para-hydroxylation sites is 3. The number of nitrogens with one attached hydrogen (secondary N) is 1. The summed E-state index contributed by atoms with van der Waals surface area (Å²) in [5, 5.41) is 2.93. The molecule has 2 aromatic rings. The van der Waals surface area contributed by atoms with Crippen LogP contribution >= 0.6 is 0 Å². The summed E-state index contributed by atoms with van der Waals surface area (Å²) in [6, 6.07) is 17.0. The molecule has 0 aromatic heterocycles. The van der Waals surface area contributed by atoms with Crippen molar-refractivity contribution in [1.29, 1.82) is 0 Å². The molecule has 0 radical (unpaired) electrons. The van der Waals surface area contributed by atoms with Gasteiger partial charge in [-0.1, -0.05) is 37.3 Å². The van der Waals surface area contributed by atoms with Crippen LogP contribution in [-0.4, -0.2) is 18.7 Å². The van der Waals surface area contributed by atoms with Gasteiger partial charge >= 0.3 is 6.03 Å². The second-order valence-electron chi connectivity index (χ2n) is 5.02. The Bertz CT molecular complexity index is 628. The summed E-state index contributed by atoms with van der Waals surface area (Å²) in [6.45, 7) is 2.62. The highest BCUT2D eigenvalue weighted by molar-refractivity contribution is 6.03. The third-order valence-corrected chi connectivity index (χ3v) is 3.56. The van der Waals surface area contributed by atoms with Crippen LogP contribution in [0.15, 0.2) is 54.6 Å². The number of anilines is 2. The van der Waals surface area contributed by atoms with Crippen molar-refractivity contribution in [2.45, 2.75) is 19.4 Å². The SMILES string of the molecule is CC[C@H]1CN(C(=O)Nc2ccccc2)c2ccccc2O1. The van der Waals surface area contributed by atoms with Crippen molar-refractivity contribution in [2.24, 2.45) is 0 Å². The number of hydrogen-bond donors (Lipinski definition) is 1. The van der Waals surface area contributed by atoms with Gasteiger partial charge in [-0.15, -0.1) is 0 Å². The van der Waals surface area contributed by atoms with Gasteiger partial charge in [0.25, 0.3) is 0 Å². The van der Waals surface area contributed by atoms with Crippen LogP contribution in [0.25, 0.3) is 0 Å². The fourth-order valence-electron chi connectivity index (χ4n) is 2.42. The van der Waals surface area contributed by atoms with Crippen LogP contribution in [0.1, 0.15) is 13.3 Å². The van der Waals surface area contributed by atoms with E-state index in [4.69, 9.17) is 4.74 Å². The molecule has 2 aromatic carbocycles. The molecule has 0 aliphatic carbocycles. The molecule has 4 heteroatoms. The largest absolute Gasteiger partial charge is 0.486 e. The Labute approximate surface area is 124 Å². The van der Waals surface area contributed by atoms with E-state index in [0.717, 1.165) is 23.5 Å². The number of carbonyl (C=O) groups is 1. The number of hydrogen-bond acceptors (Lipinski definition) is 2. The molecule has 0 unspecified atom stereocenters. The van der Waals surface area contributed by atoms with E-state index in [1.165, 1.54) is 0 Å². The van der Waals surface area contributed by atoms with Crippen molar-refractivity contribution in [1.82, 2.24) is 0 Å². The highest BCUT2D eigenvalue weighted by atomic mass is 16.5. The lowest BCUT2D eigenvalue weighted by atomic mass is 10.1. The zero-order chi connectivity index (χ0) is 14.7. The van der Waals surface area contributed by atoms with Crippen LogP contribution < -0.4 is 15.0 Å². The summed E-state index contributed by atoms with van der Waals surface area (Å²) in [7, 11) is 0. The summed E-state index contributed by atoms with van der Waals surface area (Å²) >= 11 is 0. The van der Waals surface area contributed by atoms with Gasteiger partial charge in [0.05, 0.1) is 12.2 Å². The fourth-order valence-corrected chi connectivity index (χ4v) is 2.42. The Morgan fingerprint density at radius 3 is 2.67 bits per heavy atom. The molecule has 1 heterocycles. The molecule has 0 saturated heterocycles. The van der Waals surface area contributed by atoms with E-state index in [9.17, 15) is 4.79 Å². The average Bonchev–Trinajstić information content (AvgIpc) is 2.54. The number of benzene rings is 2. The van der Waals surface area contributed by atoms with E-state index in [0.29, 0.717) is 6.54 Å². The molecule has 0 saturated carbocycles. The zero-order valence-corrected chi connectivity index (χ0v) is 12.0. The minimum atomic E-state index is -0.129. The first-order chi connectivity index (χ1) is 10.3. The lowest BCUT2D eigenvalue weighted by molar-refractivity contribution is 0.188. The molecule has 4 nitrogen and oxygen atoms in total. The fraction of sp³-hybridized carbons (Fsp3) is 0.235. The minimum absolute atomic E-state index is 0.0291.